The molecule has 2 aromatic heterocycles. The quantitative estimate of drug-likeness (QED) is 0.862. The van der Waals surface area contributed by atoms with Crippen LogP contribution in [0.25, 0.3) is 0 Å². The SMILES string of the molecule is CN(c1nc(C2CC2)ns1)C1CN(c2ccccn2)C1. The molecule has 0 N–H and O–H groups in total. The van der Waals surface area contributed by atoms with Gasteiger partial charge in [0.2, 0.25) is 5.13 Å². The predicted molar refractivity (Wildman–Crippen MR) is 80.5 cm³/mol. The van der Waals surface area contributed by atoms with Crippen LogP contribution in [0.3, 0.4) is 0 Å². The molecule has 2 fully saturated rings. The van der Waals surface area contributed by atoms with Gasteiger partial charge in [0.15, 0.2) is 0 Å². The van der Waals surface area contributed by atoms with Crippen molar-refractivity contribution in [3.05, 3.63) is 30.2 Å². The molecule has 0 amide bonds. The Bertz CT molecular complexity index is 589. The Hall–Kier alpha value is -1.69. The standard InChI is InChI=1S/C14H17N5S/c1-18(14-16-13(17-20-14)10-5-6-10)11-8-19(9-11)12-4-2-3-7-15-12/h2-4,7,10-11H,5-6,8-9H2,1H3. The molecule has 1 saturated heterocycles. The molecular weight excluding hydrogens is 270 g/mol. The maximum atomic E-state index is 4.67. The molecule has 2 aliphatic rings. The summed E-state index contributed by atoms with van der Waals surface area (Å²) in [6, 6.07) is 6.56. The molecular formula is C14H17N5S. The fourth-order valence-electron chi connectivity index (χ4n) is 2.46. The highest BCUT2D eigenvalue weighted by Crippen LogP contribution is 2.40. The Labute approximate surface area is 122 Å². The first-order valence-corrected chi connectivity index (χ1v) is 7.81. The van der Waals surface area contributed by atoms with Gasteiger partial charge in [-0.05, 0) is 25.0 Å². The monoisotopic (exact) mass is 287 g/mol. The summed E-state index contributed by atoms with van der Waals surface area (Å²) < 4.78 is 4.48. The van der Waals surface area contributed by atoms with Gasteiger partial charge in [0, 0.05) is 43.8 Å². The average Bonchev–Trinajstić information content (AvgIpc) is 3.16. The van der Waals surface area contributed by atoms with Gasteiger partial charge < -0.3 is 9.80 Å². The van der Waals surface area contributed by atoms with Crippen LogP contribution in [-0.4, -0.2) is 40.5 Å². The molecule has 2 aromatic rings. The molecule has 0 spiro atoms. The zero-order chi connectivity index (χ0) is 13.5. The van der Waals surface area contributed by atoms with E-state index in [9.17, 15) is 0 Å². The summed E-state index contributed by atoms with van der Waals surface area (Å²) in [6.07, 6.45) is 4.37. The Balaban J connectivity index is 1.39. The number of aromatic nitrogens is 3. The van der Waals surface area contributed by atoms with Crippen molar-refractivity contribution in [1.82, 2.24) is 14.3 Å². The van der Waals surface area contributed by atoms with Gasteiger partial charge >= 0.3 is 0 Å². The number of nitrogens with zero attached hydrogens (tertiary/aromatic N) is 5. The van der Waals surface area contributed by atoms with Crippen molar-refractivity contribution in [3.63, 3.8) is 0 Å². The first-order chi connectivity index (χ1) is 9.81. The van der Waals surface area contributed by atoms with Crippen molar-refractivity contribution >= 4 is 22.5 Å². The third-order valence-corrected chi connectivity index (χ3v) is 4.88. The minimum atomic E-state index is 0.511. The van der Waals surface area contributed by atoms with E-state index in [1.807, 2.05) is 18.3 Å². The Morgan fingerprint density at radius 2 is 2.15 bits per heavy atom. The van der Waals surface area contributed by atoms with Crippen LogP contribution in [0.4, 0.5) is 10.9 Å². The molecule has 0 atom stereocenters. The highest BCUT2D eigenvalue weighted by Gasteiger charge is 2.33. The number of hydrogen-bond acceptors (Lipinski definition) is 6. The van der Waals surface area contributed by atoms with Crippen LogP contribution in [0.1, 0.15) is 24.6 Å². The van der Waals surface area contributed by atoms with E-state index in [0.29, 0.717) is 12.0 Å². The summed E-state index contributed by atoms with van der Waals surface area (Å²) >= 11 is 1.53. The molecule has 3 heterocycles. The van der Waals surface area contributed by atoms with Crippen molar-refractivity contribution in [2.75, 3.05) is 29.9 Å². The van der Waals surface area contributed by atoms with E-state index in [1.54, 1.807) is 0 Å². The second-order valence-electron chi connectivity index (χ2n) is 5.57. The van der Waals surface area contributed by atoms with Gasteiger partial charge in [-0.1, -0.05) is 6.07 Å². The lowest BCUT2D eigenvalue weighted by Crippen LogP contribution is -2.59. The smallest absolute Gasteiger partial charge is 0.205 e. The zero-order valence-corrected chi connectivity index (χ0v) is 12.3. The fourth-order valence-corrected chi connectivity index (χ4v) is 3.24. The van der Waals surface area contributed by atoms with Crippen molar-refractivity contribution in [1.29, 1.82) is 0 Å². The van der Waals surface area contributed by atoms with E-state index < -0.39 is 0 Å². The lowest BCUT2D eigenvalue weighted by atomic mass is 10.1. The lowest BCUT2D eigenvalue weighted by Gasteiger charge is -2.44. The molecule has 1 saturated carbocycles. The molecule has 0 bridgehead atoms. The molecule has 0 unspecified atom stereocenters. The van der Waals surface area contributed by atoms with Crippen LogP contribution in [0, 0.1) is 0 Å². The predicted octanol–water partition coefficient (Wildman–Crippen LogP) is 2.14. The minimum absolute atomic E-state index is 0.511. The number of pyridine rings is 1. The van der Waals surface area contributed by atoms with Gasteiger partial charge in [-0.3, -0.25) is 0 Å². The third-order valence-electron chi connectivity index (χ3n) is 4.06. The van der Waals surface area contributed by atoms with E-state index in [-0.39, 0.29) is 0 Å². The molecule has 0 radical (unpaired) electrons. The van der Waals surface area contributed by atoms with Crippen LogP contribution in [0.15, 0.2) is 24.4 Å². The second-order valence-corrected chi connectivity index (χ2v) is 6.30. The molecule has 5 nitrogen and oxygen atoms in total. The Kier molecular flexibility index (Phi) is 2.84. The Morgan fingerprint density at radius 1 is 1.30 bits per heavy atom. The zero-order valence-electron chi connectivity index (χ0n) is 11.4. The topological polar surface area (TPSA) is 45.2 Å². The van der Waals surface area contributed by atoms with E-state index in [0.717, 1.165) is 29.9 Å². The van der Waals surface area contributed by atoms with Gasteiger partial charge in [0.05, 0.1) is 6.04 Å². The average molecular weight is 287 g/mol. The number of likely N-dealkylation sites (N-methyl/N-ethyl adjacent to an activating group) is 1. The van der Waals surface area contributed by atoms with Crippen molar-refractivity contribution in [3.8, 4) is 0 Å². The van der Waals surface area contributed by atoms with Crippen LogP contribution in [-0.2, 0) is 0 Å². The van der Waals surface area contributed by atoms with E-state index in [2.05, 4.69) is 37.3 Å². The van der Waals surface area contributed by atoms with Crippen LogP contribution >= 0.6 is 11.5 Å². The summed E-state index contributed by atoms with van der Waals surface area (Å²) in [6.45, 7) is 2.01. The van der Waals surface area contributed by atoms with E-state index in [1.165, 1.54) is 24.4 Å². The molecule has 6 heteroatoms. The first kappa shape index (κ1) is 12.1. The number of anilines is 2. The largest absolute Gasteiger partial charge is 0.352 e. The maximum absolute atomic E-state index is 4.67. The minimum Gasteiger partial charge on any atom is -0.352 e. The normalized spacial score (nSPS) is 18.9. The molecule has 1 aliphatic heterocycles. The van der Waals surface area contributed by atoms with Gasteiger partial charge in [0.25, 0.3) is 0 Å². The summed E-state index contributed by atoms with van der Waals surface area (Å²) in [7, 11) is 2.12. The van der Waals surface area contributed by atoms with Gasteiger partial charge in [-0.25, -0.2) is 9.97 Å². The van der Waals surface area contributed by atoms with Gasteiger partial charge in [-0.2, -0.15) is 4.37 Å². The number of rotatable bonds is 4. The van der Waals surface area contributed by atoms with Gasteiger partial charge in [-0.15, -0.1) is 0 Å². The van der Waals surface area contributed by atoms with Crippen molar-refractivity contribution < 1.29 is 0 Å². The summed E-state index contributed by atoms with van der Waals surface area (Å²) in [4.78, 5) is 13.6. The van der Waals surface area contributed by atoms with Gasteiger partial charge in [0.1, 0.15) is 11.6 Å². The summed E-state index contributed by atoms with van der Waals surface area (Å²) in [5.74, 6) is 2.76. The molecule has 4 rings (SSSR count). The maximum Gasteiger partial charge on any atom is 0.205 e. The molecule has 104 valence electrons. The second kappa shape index (κ2) is 4.70. The molecule has 20 heavy (non-hydrogen) atoms. The Morgan fingerprint density at radius 3 is 2.85 bits per heavy atom. The fraction of sp³-hybridized carbons (Fsp3) is 0.500. The van der Waals surface area contributed by atoms with E-state index in [4.69, 9.17) is 0 Å². The van der Waals surface area contributed by atoms with Crippen LogP contribution in [0.5, 0.6) is 0 Å². The molecule has 0 aromatic carbocycles. The van der Waals surface area contributed by atoms with Crippen LogP contribution in [0.2, 0.25) is 0 Å². The van der Waals surface area contributed by atoms with Crippen molar-refractivity contribution in [2.24, 2.45) is 0 Å². The van der Waals surface area contributed by atoms with Crippen LogP contribution < -0.4 is 9.80 Å². The molecule has 1 aliphatic carbocycles. The lowest BCUT2D eigenvalue weighted by molar-refractivity contribution is 0.491. The first-order valence-electron chi connectivity index (χ1n) is 7.03. The highest BCUT2D eigenvalue weighted by atomic mass is 32.1. The highest BCUT2D eigenvalue weighted by molar-refractivity contribution is 7.09. The van der Waals surface area contributed by atoms with Crippen molar-refractivity contribution in [2.45, 2.75) is 24.8 Å². The summed E-state index contributed by atoms with van der Waals surface area (Å²) in [5.41, 5.74) is 0. The van der Waals surface area contributed by atoms with E-state index >= 15 is 0 Å². The number of hydrogen-bond donors (Lipinski definition) is 0. The third kappa shape index (κ3) is 2.14. The summed E-state index contributed by atoms with van der Waals surface area (Å²) in [5, 5.41) is 1.05.